The summed E-state index contributed by atoms with van der Waals surface area (Å²) in [5.74, 6) is 0.186. The van der Waals surface area contributed by atoms with E-state index in [0.29, 0.717) is 0 Å². The van der Waals surface area contributed by atoms with Crippen LogP contribution >= 0.6 is 11.3 Å². The zero-order chi connectivity index (χ0) is 18.7. The second-order valence-corrected chi connectivity index (χ2v) is 6.77. The molecule has 0 fully saturated rings. The van der Waals surface area contributed by atoms with Crippen LogP contribution in [0.2, 0.25) is 0 Å². The molecule has 0 unspecified atom stereocenters. The van der Waals surface area contributed by atoms with Crippen molar-refractivity contribution in [2.45, 2.75) is 13.8 Å². The van der Waals surface area contributed by atoms with Crippen molar-refractivity contribution in [1.82, 2.24) is 4.98 Å². The number of benzene rings is 2. The van der Waals surface area contributed by atoms with Crippen molar-refractivity contribution in [3.63, 3.8) is 0 Å². The number of hydrogen-bond acceptors (Lipinski definition) is 5. The zero-order valence-corrected chi connectivity index (χ0v) is 15.3. The summed E-state index contributed by atoms with van der Waals surface area (Å²) < 4.78 is 0. The molecule has 3 aromatic rings. The first-order valence-corrected chi connectivity index (χ1v) is 8.76. The van der Waals surface area contributed by atoms with Gasteiger partial charge in [-0.3, -0.25) is 0 Å². The highest BCUT2D eigenvalue weighted by atomic mass is 32.1. The van der Waals surface area contributed by atoms with E-state index in [0.717, 1.165) is 38.0 Å². The van der Waals surface area contributed by atoms with Gasteiger partial charge in [-0.25, -0.2) is 4.98 Å². The second kappa shape index (κ2) is 7.37. The number of nitrogens with zero attached hydrogens (tertiary/aromatic N) is 3. The van der Waals surface area contributed by atoms with Crippen molar-refractivity contribution in [3.05, 3.63) is 59.1 Å². The number of phenols is 1. The van der Waals surface area contributed by atoms with Crippen molar-refractivity contribution in [1.29, 1.82) is 0 Å². The minimum Gasteiger partial charge on any atom is -0.508 e. The molecule has 0 radical (unpaired) electrons. The van der Waals surface area contributed by atoms with Gasteiger partial charge in [0.15, 0.2) is 0 Å². The molecule has 0 amide bonds. The normalized spacial score (nSPS) is 11.4. The van der Waals surface area contributed by atoms with E-state index in [2.05, 4.69) is 15.2 Å². The van der Waals surface area contributed by atoms with Crippen molar-refractivity contribution >= 4 is 23.0 Å². The number of phenolic OH excluding ortho intramolecular Hbond substituents is 1. The van der Waals surface area contributed by atoms with E-state index in [-0.39, 0.29) is 11.7 Å². The lowest BCUT2D eigenvalue weighted by Crippen LogP contribution is -2.22. The average Bonchev–Trinajstić information content (AvgIpc) is 3.02. The van der Waals surface area contributed by atoms with Crippen LogP contribution in [0.25, 0.3) is 21.7 Å². The third-order valence-corrected chi connectivity index (χ3v) is 5.09. The van der Waals surface area contributed by atoms with Crippen LogP contribution in [0.15, 0.2) is 58.7 Å². The summed E-state index contributed by atoms with van der Waals surface area (Å²) in [4.78, 5) is 5.59. The molecule has 0 spiro atoms. The predicted molar refractivity (Wildman–Crippen MR) is 107 cm³/mol. The summed E-state index contributed by atoms with van der Waals surface area (Å²) >= 11 is 1.55. The van der Waals surface area contributed by atoms with Gasteiger partial charge in [-0.2, -0.15) is 5.10 Å². The molecule has 0 atom stereocenters. The molecule has 0 saturated heterocycles. The van der Waals surface area contributed by atoms with E-state index in [1.165, 1.54) is 0 Å². The Morgan fingerprint density at radius 1 is 0.923 bits per heavy atom. The topological polar surface area (TPSA) is 110 Å². The quantitative estimate of drug-likeness (QED) is 0.373. The van der Waals surface area contributed by atoms with Crippen molar-refractivity contribution in [2.75, 3.05) is 0 Å². The number of aryl methyl sites for hydroxylation is 1. The largest absolute Gasteiger partial charge is 0.508 e. The molecule has 2 aromatic carbocycles. The lowest BCUT2D eigenvalue weighted by atomic mass is 10.0. The Kier molecular flexibility index (Phi) is 4.99. The van der Waals surface area contributed by atoms with Crippen LogP contribution in [-0.4, -0.2) is 21.8 Å². The minimum atomic E-state index is -0.0726. The highest BCUT2D eigenvalue weighted by molar-refractivity contribution is 7.17. The number of thiazole rings is 1. The fraction of sp³-hybridized carbons (Fsp3) is 0.105. The van der Waals surface area contributed by atoms with Gasteiger partial charge in [0.2, 0.25) is 5.96 Å². The number of hydrogen-bond donors (Lipinski definition) is 3. The van der Waals surface area contributed by atoms with Crippen LogP contribution < -0.4 is 11.5 Å². The summed E-state index contributed by atoms with van der Waals surface area (Å²) in [6.07, 6.45) is 0. The monoisotopic (exact) mass is 365 g/mol. The molecule has 3 rings (SSSR count). The van der Waals surface area contributed by atoms with Crippen LogP contribution in [0.3, 0.4) is 0 Å². The predicted octanol–water partition coefficient (Wildman–Crippen LogP) is 3.49. The Labute approximate surface area is 155 Å². The molecular formula is C19H19N5OS. The van der Waals surface area contributed by atoms with Gasteiger partial charge in [0.1, 0.15) is 10.8 Å². The second-order valence-electron chi connectivity index (χ2n) is 5.77. The summed E-state index contributed by atoms with van der Waals surface area (Å²) in [5, 5.41) is 18.0. The Bertz CT molecular complexity index is 968. The third kappa shape index (κ3) is 3.89. The van der Waals surface area contributed by atoms with E-state index < -0.39 is 0 Å². The fourth-order valence-corrected chi connectivity index (χ4v) is 3.50. The fourth-order valence-electron chi connectivity index (χ4n) is 2.49. The molecular weight excluding hydrogens is 346 g/mol. The maximum absolute atomic E-state index is 9.40. The molecule has 132 valence electrons. The Morgan fingerprint density at radius 2 is 1.46 bits per heavy atom. The molecule has 0 bridgehead atoms. The molecule has 7 heteroatoms. The number of nitrogens with two attached hydrogens (primary N) is 2. The average molecular weight is 365 g/mol. The molecule has 6 nitrogen and oxygen atoms in total. The highest BCUT2D eigenvalue weighted by Crippen LogP contribution is 2.30. The van der Waals surface area contributed by atoms with Gasteiger partial charge in [-0.05, 0) is 37.1 Å². The summed E-state index contributed by atoms with van der Waals surface area (Å²) in [7, 11) is 0. The van der Waals surface area contributed by atoms with E-state index in [9.17, 15) is 5.11 Å². The van der Waals surface area contributed by atoms with Crippen LogP contribution in [-0.2, 0) is 0 Å². The van der Waals surface area contributed by atoms with Crippen LogP contribution in [0.1, 0.15) is 17.5 Å². The summed E-state index contributed by atoms with van der Waals surface area (Å²) in [5.41, 5.74) is 15.4. The van der Waals surface area contributed by atoms with E-state index in [4.69, 9.17) is 11.5 Å². The molecule has 0 aliphatic rings. The Morgan fingerprint density at radius 3 is 2.04 bits per heavy atom. The number of aromatic nitrogens is 1. The van der Waals surface area contributed by atoms with Gasteiger partial charge in [-0.1, -0.05) is 36.4 Å². The van der Waals surface area contributed by atoms with Gasteiger partial charge >= 0.3 is 0 Å². The molecule has 0 aliphatic heterocycles. The first kappa shape index (κ1) is 17.6. The van der Waals surface area contributed by atoms with Crippen LogP contribution in [0, 0.1) is 6.92 Å². The maximum atomic E-state index is 9.40. The van der Waals surface area contributed by atoms with Crippen LogP contribution in [0.5, 0.6) is 5.75 Å². The number of guanidine groups is 1. The zero-order valence-electron chi connectivity index (χ0n) is 14.5. The molecule has 5 N–H and O–H groups in total. The van der Waals surface area contributed by atoms with E-state index >= 15 is 0 Å². The summed E-state index contributed by atoms with van der Waals surface area (Å²) in [6.45, 7) is 3.79. The van der Waals surface area contributed by atoms with Gasteiger partial charge in [0, 0.05) is 5.56 Å². The summed E-state index contributed by atoms with van der Waals surface area (Å²) in [6, 6.07) is 15.3. The maximum Gasteiger partial charge on any atom is 0.211 e. The van der Waals surface area contributed by atoms with Crippen molar-refractivity contribution in [3.8, 4) is 27.4 Å². The first-order valence-electron chi connectivity index (χ1n) is 7.95. The van der Waals surface area contributed by atoms with Gasteiger partial charge in [-0.15, -0.1) is 16.4 Å². The standard InChI is InChI=1S/C19H19N5OS/c1-11-17(12(2)23-24-19(20)21)26-18(22-11)15-5-3-13(4-6-15)14-7-9-16(25)10-8-14/h3-10,25H,1-2H3,(H4,20,21,24). The van der Waals surface area contributed by atoms with E-state index in [1.54, 1.807) is 23.5 Å². The first-order chi connectivity index (χ1) is 12.4. The minimum absolute atomic E-state index is 0.0726. The van der Waals surface area contributed by atoms with E-state index in [1.807, 2.05) is 50.2 Å². The Balaban J connectivity index is 1.88. The molecule has 26 heavy (non-hydrogen) atoms. The molecule has 1 aromatic heterocycles. The number of rotatable bonds is 4. The van der Waals surface area contributed by atoms with Crippen LogP contribution in [0.4, 0.5) is 0 Å². The van der Waals surface area contributed by atoms with Crippen molar-refractivity contribution < 1.29 is 5.11 Å². The van der Waals surface area contributed by atoms with Gasteiger partial charge in [0.05, 0.1) is 16.3 Å². The lowest BCUT2D eigenvalue weighted by Gasteiger charge is -2.03. The Hall–Kier alpha value is -3.19. The van der Waals surface area contributed by atoms with Crippen molar-refractivity contribution in [2.24, 2.45) is 21.7 Å². The van der Waals surface area contributed by atoms with Gasteiger partial charge in [0.25, 0.3) is 0 Å². The SMILES string of the molecule is CC(=NN=C(N)N)c1sc(-c2ccc(-c3ccc(O)cc3)cc2)nc1C. The molecule has 0 aliphatic carbocycles. The number of aromatic hydroxyl groups is 1. The smallest absolute Gasteiger partial charge is 0.211 e. The lowest BCUT2D eigenvalue weighted by molar-refractivity contribution is 0.475. The molecule has 0 saturated carbocycles. The van der Waals surface area contributed by atoms with Gasteiger partial charge < -0.3 is 16.6 Å². The highest BCUT2D eigenvalue weighted by Gasteiger charge is 2.12. The third-order valence-electron chi connectivity index (χ3n) is 3.77. The molecule has 1 heterocycles.